The number of nitrogens with zero attached hydrogens (tertiary/aromatic N) is 4. The number of rotatable bonds is 4. The number of halogens is 1. The van der Waals surface area contributed by atoms with Gasteiger partial charge in [-0.2, -0.15) is 10.1 Å². The summed E-state index contributed by atoms with van der Waals surface area (Å²) in [7, 11) is 1.49. The van der Waals surface area contributed by atoms with E-state index in [1.165, 1.54) is 7.05 Å². The van der Waals surface area contributed by atoms with Gasteiger partial charge in [-0.3, -0.25) is 0 Å². The van der Waals surface area contributed by atoms with Crippen molar-refractivity contribution in [3.05, 3.63) is 53.3 Å². The number of carbonyl (C=O) groups excluding carboxylic acids is 1. The largest absolute Gasteiger partial charge is 0.412 e. The molecule has 0 fully saturated rings. The lowest BCUT2D eigenvalue weighted by Crippen LogP contribution is -2.21. The predicted octanol–water partition coefficient (Wildman–Crippen LogP) is 3.84. The van der Waals surface area contributed by atoms with Crippen LogP contribution in [0.15, 0.2) is 42.5 Å². The molecule has 29 heavy (non-hydrogen) atoms. The molecular formula is C19H16ClN7O2. The molecule has 10 heteroatoms. The number of benzene rings is 2. The van der Waals surface area contributed by atoms with E-state index in [2.05, 4.69) is 35.8 Å². The molecule has 9 nitrogen and oxygen atoms in total. The Balaban J connectivity index is 1.83. The molecule has 2 heterocycles. The van der Waals surface area contributed by atoms with Crippen LogP contribution in [-0.4, -0.2) is 38.3 Å². The van der Waals surface area contributed by atoms with E-state index in [1.54, 1.807) is 37.3 Å². The van der Waals surface area contributed by atoms with Gasteiger partial charge in [0.05, 0.1) is 5.52 Å². The van der Waals surface area contributed by atoms with Gasteiger partial charge in [0.25, 0.3) is 0 Å². The fourth-order valence-electron chi connectivity index (χ4n) is 2.67. The van der Waals surface area contributed by atoms with Gasteiger partial charge in [-0.05, 0) is 43.3 Å². The minimum Gasteiger partial charge on any atom is -0.410 e. The van der Waals surface area contributed by atoms with Crippen LogP contribution in [-0.2, 0) is 0 Å². The number of hydrogen-bond acceptors (Lipinski definition) is 7. The Morgan fingerprint density at radius 3 is 2.59 bits per heavy atom. The van der Waals surface area contributed by atoms with Crippen molar-refractivity contribution in [2.45, 2.75) is 6.92 Å². The van der Waals surface area contributed by atoms with E-state index < -0.39 is 6.09 Å². The molecule has 0 saturated heterocycles. The second kappa shape index (κ2) is 7.72. The van der Waals surface area contributed by atoms with Gasteiger partial charge in [0, 0.05) is 29.1 Å². The van der Waals surface area contributed by atoms with E-state index >= 15 is 0 Å². The molecule has 0 saturated carbocycles. The summed E-state index contributed by atoms with van der Waals surface area (Å²) in [6.07, 6.45) is -0.563. The van der Waals surface area contributed by atoms with Gasteiger partial charge in [0.1, 0.15) is 17.4 Å². The van der Waals surface area contributed by atoms with Crippen molar-refractivity contribution in [3.63, 3.8) is 0 Å². The maximum Gasteiger partial charge on any atom is 0.412 e. The highest BCUT2D eigenvalue weighted by Crippen LogP contribution is 2.29. The first-order valence-corrected chi connectivity index (χ1v) is 9.03. The molecule has 0 aliphatic carbocycles. The first-order chi connectivity index (χ1) is 14.0. The molecule has 0 bridgehead atoms. The van der Waals surface area contributed by atoms with E-state index in [-0.39, 0.29) is 0 Å². The number of H-pyrrole nitrogens is 1. The summed E-state index contributed by atoms with van der Waals surface area (Å²) < 4.78 is 5.22. The third-order valence-electron chi connectivity index (χ3n) is 4.02. The van der Waals surface area contributed by atoms with Gasteiger partial charge in [-0.25, -0.2) is 19.9 Å². The SMILES string of the molecule is CNC(=O)Oc1ccc2c(Nc3nc(C)n[nH]3)nc(-c3ccc(Cl)cc3)nc2c1. The highest BCUT2D eigenvalue weighted by Gasteiger charge is 2.13. The fraction of sp³-hybridized carbons (Fsp3) is 0.105. The molecule has 0 unspecified atom stereocenters. The molecule has 2 aromatic heterocycles. The monoisotopic (exact) mass is 409 g/mol. The summed E-state index contributed by atoms with van der Waals surface area (Å²) in [5, 5.41) is 13.7. The number of hydrogen-bond donors (Lipinski definition) is 3. The Kier molecular flexibility index (Phi) is 4.96. The second-order valence-electron chi connectivity index (χ2n) is 6.08. The van der Waals surface area contributed by atoms with E-state index in [0.717, 1.165) is 10.9 Å². The molecule has 0 spiro atoms. The number of aryl methyl sites for hydroxylation is 1. The minimum atomic E-state index is -0.563. The van der Waals surface area contributed by atoms with Gasteiger partial charge >= 0.3 is 6.09 Å². The summed E-state index contributed by atoms with van der Waals surface area (Å²) in [5.41, 5.74) is 1.37. The number of nitrogens with one attached hydrogen (secondary N) is 3. The van der Waals surface area contributed by atoms with Crippen molar-refractivity contribution in [2.24, 2.45) is 0 Å². The van der Waals surface area contributed by atoms with E-state index in [9.17, 15) is 4.79 Å². The van der Waals surface area contributed by atoms with Crippen LogP contribution < -0.4 is 15.4 Å². The zero-order valence-corrected chi connectivity index (χ0v) is 16.3. The Bertz CT molecular complexity index is 1190. The molecule has 1 amide bonds. The third-order valence-corrected chi connectivity index (χ3v) is 4.27. The number of ether oxygens (including phenoxy) is 1. The maximum atomic E-state index is 11.5. The van der Waals surface area contributed by atoms with E-state index in [4.69, 9.17) is 16.3 Å². The number of carbonyl (C=O) groups is 1. The van der Waals surface area contributed by atoms with E-state index in [1.807, 2.05) is 12.1 Å². The smallest absolute Gasteiger partial charge is 0.410 e. The van der Waals surface area contributed by atoms with Crippen molar-refractivity contribution >= 4 is 40.4 Å². The lowest BCUT2D eigenvalue weighted by Gasteiger charge is -2.11. The van der Waals surface area contributed by atoms with E-state index in [0.29, 0.717) is 39.7 Å². The molecular weight excluding hydrogens is 394 g/mol. The van der Waals surface area contributed by atoms with Crippen molar-refractivity contribution in [1.82, 2.24) is 30.5 Å². The summed E-state index contributed by atoms with van der Waals surface area (Å²) in [6, 6.07) is 12.3. The number of fused-ring (bicyclic) bond motifs is 1. The van der Waals surface area contributed by atoms with Gasteiger partial charge < -0.3 is 15.4 Å². The van der Waals surface area contributed by atoms with Gasteiger partial charge in [0.2, 0.25) is 5.95 Å². The minimum absolute atomic E-state index is 0.360. The van der Waals surface area contributed by atoms with Crippen LogP contribution >= 0.6 is 11.6 Å². The zero-order valence-electron chi connectivity index (χ0n) is 15.5. The normalized spacial score (nSPS) is 10.7. The lowest BCUT2D eigenvalue weighted by atomic mass is 10.1. The van der Waals surface area contributed by atoms with Crippen LogP contribution in [0.25, 0.3) is 22.3 Å². The number of amides is 1. The summed E-state index contributed by atoms with van der Waals surface area (Å²) in [4.78, 5) is 25.1. The topological polar surface area (TPSA) is 118 Å². The van der Waals surface area contributed by atoms with Crippen molar-refractivity contribution in [1.29, 1.82) is 0 Å². The molecule has 146 valence electrons. The van der Waals surface area contributed by atoms with Crippen LogP contribution in [0, 0.1) is 6.92 Å². The Labute approximate surface area is 170 Å². The van der Waals surface area contributed by atoms with Crippen LogP contribution in [0.1, 0.15) is 5.82 Å². The van der Waals surface area contributed by atoms with Gasteiger partial charge in [-0.15, -0.1) is 0 Å². The predicted molar refractivity (Wildman–Crippen MR) is 109 cm³/mol. The average Bonchev–Trinajstić information content (AvgIpc) is 3.12. The summed E-state index contributed by atoms with van der Waals surface area (Å²) in [6.45, 7) is 1.78. The first-order valence-electron chi connectivity index (χ1n) is 8.65. The average molecular weight is 410 g/mol. The molecule has 0 aliphatic rings. The molecule has 0 atom stereocenters. The highest BCUT2D eigenvalue weighted by molar-refractivity contribution is 6.30. The molecule has 2 aromatic carbocycles. The molecule has 4 rings (SSSR count). The number of aromatic amines is 1. The van der Waals surface area contributed by atoms with Gasteiger partial charge in [-0.1, -0.05) is 11.6 Å². The van der Waals surface area contributed by atoms with Crippen molar-refractivity contribution in [2.75, 3.05) is 12.4 Å². The second-order valence-corrected chi connectivity index (χ2v) is 6.51. The maximum absolute atomic E-state index is 11.5. The Morgan fingerprint density at radius 2 is 1.90 bits per heavy atom. The van der Waals surface area contributed by atoms with Crippen LogP contribution in [0.3, 0.4) is 0 Å². The number of aromatic nitrogens is 5. The molecule has 3 N–H and O–H groups in total. The fourth-order valence-corrected chi connectivity index (χ4v) is 2.79. The first kappa shape index (κ1) is 18.6. The van der Waals surface area contributed by atoms with Gasteiger partial charge in [0.15, 0.2) is 5.82 Å². The highest BCUT2D eigenvalue weighted by atomic mass is 35.5. The Morgan fingerprint density at radius 1 is 1.10 bits per heavy atom. The van der Waals surface area contributed by atoms with Crippen LogP contribution in [0.4, 0.5) is 16.6 Å². The molecule has 4 aromatic rings. The van der Waals surface area contributed by atoms with Crippen molar-refractivity contribution < 1.29 is 9.53 Å². The molecule has 0 aliphatic heterocycles. The molecule has 0 radical (unpaired) electrons. The standard InChI is InChI=1S/C19H16ClN7O2/c1-10-22-18(27-26-10)25-17-14-8-7-13(29-19(28)21-2)9-15(14)23-16(24-17)11-3-5-12(20)6-4-11/h3-9H,1-2H3,(H,21,28)(H2,22,23,24,25,26,27). The van der Waals surface area contributed by atoms with Crippen LogP contribution in [0.2, 0.25) is 5.02 Å². The zero-order chi connectivity index (χ0) is 20.4. The van der Waals surface area contributed by atoms with Crippen molar-refractivity contribution in [3.8, 4) is 17.1 Å². The number of anilines is 2. The summed E-state index contributed by atoms with van der Waals surface area (Å²) >= 11 is 5.99. The Hall–Kier alpha value is -3.72. The quantitative estimate of drug-likeness (QED) is 0.468. The third kappa shape index (κ3) is 4.09. The lowest BCUT2D eigenvalue weighted by molar-refractivity contribution is 0.203. The summed E-state index contributed by atoms with van der Waals surface area (Å²) in [5.74, 6) is 2.42. The van der Waals surface area contributed by atoms with Crippen LogP contribution in [0.5, 0.6) is 5.75 Å².